The number of benzene rings is 1. The first-order valence-corrected chi connectivity index (χ1v) is 10.0. The van der Waals surface area contributed by atoms with Gasteiger partial charge in [-0.05, 0) is 44.4 Å². The van der Waals surface area contributed by atoms with Crippen molar-refractivity contribution in [3.63, 3.8) is 0 Å². The highest BCUT2D eigenvalue weighted by atomic mass is 16.6. The Kier molecular flexibility index (Phi) is 6.17. The molecule has 30 heavy (non-hydrogen) atoms. The summed E-state index contributed by atoms with van der Waals surface area (Å²) in [6.07, 6.45) is 5.95. The zero-order valence-corrected chi connectivity index (χ0v) is 16.7. The molecule has 1 unspecified atom stereocenters. The highest BCUT2D eigenvalue weighted by Gasteiger charge is 2.32. The minimum atomic E-state index is -0.428. The van der Waals surface area contributed by atoms with E-state index in [9.17, 15) is 4.79 Å². The van der Waals surface area contributed by atoms with Crippen molar-refractivity contribution in [1.82, 2.24) is 20.1 Å². The number of para-hydroxylation sites is 1. The average molecular weight is 409 g/mol. The Balaban J connectivity index is 1.42. The van der Waals surface area contributed by atoms with Gasteiger partial charge in [-0.3, -0.25) is 0 Å². The molecule has 1 fully saturated rings. The summed E-state index contributed by atoms with van der Waals surface area (Å²) in [5.41, 5.74) is 0.723. The first-order chi connectivity index (χ1) is 14.8. The summed E-state index contributed by atoms with van der Waals surface area (Å²) >= 11 is 0. The lowest BCUT2D eigenvalue weighted by Gasteiger charge is -2.33. The van der Waals surface area contributed by atoms with Gasteiger partial charge in [0.25, 0.3) is 5.89 Å². The zero-order valence-electron chi connectivity index (χ0n) is 16.7. The van der Waals surface area contributed by atoms with Crippen LogP contribution in [0.25, 0.3) is 11.4 Å². The predicted octanol–water partition coefficient (Wildman–Crippen LogP) is 3.03. The van der Waals surface area contributed by atoms with E-state index in [4.69, 9.17) is 14.0 Å². The standard InChI is InChI=1S/C21H23N5O4/c1-2-28-17-10-4-3-8-15(17)19-24-18(30-25-19)14-29-20(27)16-9-5-6-13-26(16)21-22-11-7-12-23-21/h3-4,7-8,10-12,16H,2,5-6,9,13-14H2,1H3. The Hall–Kier alpha value is -3.49. The van der Waals surface area contributed by atoms with Crippen LogP contribution in [0.15, 0.2) is 47.2 Å². The third kappa shape index (κ3) is 4.40. The number of ether oxygens (including phenoxy) is 2. The number of carbonyl (C=O) groups excluding carboxylic acids is 1. The van der Waals surface area contributed by atoms with Gasteiger partial charge in [-0.2, -0.15) is 4.98 Å². The van der Waals surface area contributed by atoms with Gasteiger partial charge in [-0.25, -0.2) is 14.8 Å². The van der Waals surface area contributed by atoms with Gasteiger partial charge in [0.2, 0.25) is 11.8 Å². The number of esters is 1. The maximum Gasteiger partial charge on any atom is 0.329 e. The molecule has 3 heterocycles. The monoisotopic (exact) mass is 409 g/mol. The van der Waals surface area contributed by atoms with Gasteiger partial charge in [-0.1, -0.05) is 17.3 Å². The number of hydrogen-bond donors (Lipinski definition) is 0. The molecule has 0 aliphatic carbocycles. The summed E-state index contributed by atoms with van der Waals surface area (Å²) in [6, 6.07) is 8.77. The second kappa shape index (κ2) is 9.34. The van der Waals surface area contributed by atoms with Gasteiger partial charge < -0.3 is 18.9 Å². The molecular weight excluding hydrogens is 386 g/mol. The highest BCUT2D eigenvalue weighted by molar-refractivity contribution is 5.79. The van der Waals surface area contributed by atoms with E-state index in [-0.39, 0.29) is 18.5 Å². The number of nitrogens with zero attached hydrogens (tertiary/aromatic N) is 5. The minimum absolute atomic E-state index is 0.0946. The fraction of sp³-hybridized carbons (Fsp3) is 0.381. The number of hydrogen-bond acceptors (Lipinski definition) is 9. The maximum atomic E-state index is 12.7. The normalized spacial score (nSPS) is 16.3. The molecule has 156 valence electrons. The third-order valence-electron chi connectivity index (χ3n) is 4.82. The molecule has 0 saturated carbocycles. The van der Waals surface area contributed by atoms with Crippen LogP contribution >= 0.6 is 0 Å². The SMILES string of the molecule is CCOc1ccccc1-c1noc(COC(=O)C2CCCCN2c2ncccn2)n1. The number of rotatable bonds is 7. The molecular formula is C21H23N5O4. The summed E-state index contributed by atoms with van der Waals surface area (Å²) in [5.74, 6) is 1.47. The van der Waals surface area contributed by atoms with Crippen LogP contribution in [-0.2, 0) is 16.1 Å². The quantitative estimate of drug-likeness (QED) is 0.545. The number of piperidine rings is 1. The van der Waals surface area contributed by atoms with Crippen LogP contribution in [0.2, 0.25) is 0 Å². The Morgan fingerprint density at radius 3 is 2.87 bits per heavy atom. The van der Waals surface area contributed by atoms with Gasteiger partial charge in [0, 0.05) is 18.9 Å². The molecule has 1 aliphatic heterocycles. The van der Waals surface area contributed by atoms with Crippen molar-refractivity contribution >= 4 is 11.9 Å². The van der Waals surface area contributed by atoms with Crippen molar-refractivity contribution in [3.05, 3.63) is 48.6 Å². The maximum absolute atomic E-state index is 12.7. The van der Waals surface area contributed by atoms with Crippen LogP contribution in [0.5, 0.6) is 5.75 Å². The fourth-order valence-electron chi connectivity index (χ4n) is 3.44. The number of anilines is 1. The van der Waals surface area contributed by atoms with Gasteiger partial charge in [0.1, 0.15) is 11.8 Å². The van der Waals surface area contributed by atoms with Gasteiger partial charge in [-0.15, -0.1) is 0 Å². The topological polar surface area (TPSA) is 103 Å². The molecule has 3 aromatic rings. The second-order valence-electron chi connectivity index (χ2n) is 6.80. The molecule has 1 atom stereocenters. The van der Waals surface area contributed by atoms with Gasteiger partial charge in [0.05, 0.1) is 12.2 Å². The van der Waals surface area contributed by atoms with E-state index in [2.05, 4.69) is 20.1 Å². The van der Waals surface area contributed by atoms with Crippen LogP contribution in [0.3, 0.4) is 0 Å². The molecule has 0 amide bonds. The van der Waals surface area contributed by atoms with E-state index in [1.165, 1.54) is 0 Å². The molecule has 9 heteroatoms. The van der Waals surface area contributed by atoms with Gasteiger partial charge in [0.15, 0.2) is 6.61 Å². The molecule has 1 saturated heterocycles. The van der Waals surface area contributed by atoms with E-state index >= 15 is 0 Å². The Morgan fingerprint density at radius 1 is 1.20 bits per heavy atom. The Morgan fingerprint density at radius 2 is 2.03 bits per heavy atom. The molecule has 9 nitrogen and oxygen atoms in total. The molecule has 0 bridgehead atoms. The zero-order chi connectivity index (χ0) is 20.8. The molecule has 4 rings (SSSR count). The lowest BCUT2D eigenvalue weighted by molar-refractivity contribution is -0.148. The average Bonchev–Trinajstić information content (AvgIpc) is 3.27. The van der Waals surface area contributed by atoms with Gasteiger partial charge >= 0.3 is 5.97 Å². The molecule has 0 radical (unpaired) electrons. The number of aromatic nitrogens is 4. The van der Waals surface area contributed by atoms with Crippen molar-refractivity contribution in [2.75, 3.05) is 18.1 Å². The predicted molar refractivity (Wildman–Crippen MR) is 108 cm³/mol. The molecule has 1 aliphatic rings. The van der Waals surface area contributed by atoms with Crippen LogP contribution in [0.1, 0.15) is 32.1 Å². The summed E-state index contributed by atoms with van der Waals surface area (Å²) < 4.78 is 16.4. The van der Waals surface area contributed by atoms with Crippen molar-refractivity contribution in [3.8, 4) is 17.1 Å². The molecule has 2 aromatic heterocycles. The van der Waals surface area contributed by atoms with Crippen molar-refractivity contribution < 1.29 is 18.8 Å². The van der Waals surface area contributed by atoms with Crippen LogP contribution < -0.4 is 9.64 Å². The summed E-state index contributed by atoms with van der Waals surface area (Å²) in [6.45, 7) is 3.06. The van der Waals surface area contributed by atoms with E-state index in [0.717, 1.165) is 18.4 Å². The second-order valence-corrected chi connectivity index (χ2v) is 6.80. The van der Waals surface area contributed by atoms with Crippen LogP contribution in [0, 0.1) is 0 Å². The highest BCUT2D eigenvalue weighted by Crippen LogP contribution is 2.28. The van der Waals surface area contributed by atoms with Crippen molar-refractivity contribution in [2.45, 2.75) is 38.8 Å². The first kappa shape index (κ1) is 19.8. The van der Waals surface area contributed by atoms with E-state index < -0.39 is 6.04 Å². The first-order valence-electron chi connectivity index (χ1n) is 10.0. The van der Waals surface area contributed by atoms with Crippen molar-refractivity contribution in [1.29, 1.82) is 0 Å². The van der Waals surface area contributed by atoms with Crippen LogP contribution in [0.4, 0.5) is 5.95 Å². The smallest absolute Gasteiger partial charge is 0.329 e. The lowest BCUT2D eigenvalue weighted by Crippen LogP contribution is -2.46. The molecule has 0 N–H and O–H groups in total. The Labute approximate surface area is 174 Å². The fourth-order valence-corrected chi connectivity index (χ4v) is 3.44. The molecule has 1 aromatic carbocycles. The van der Waals surface area contributed by atoms with Crippen LogP contribution in [-0.4, -0.2) is 45.3 Å². The van der Waals surface area contributed by atoms with E-state index in [1.54, 1.807) is 18.5 Å². The summed E-state index contributed by atoms with van der Waals surface area (Å²) in [4.78, 5) is 27.5. The summed E-state index contributed by atoms with van der Waals surface area (Å²) in [7, 11) is 0. The number of carbonyl (C=O) groups is 1. The lowest BCUT2D eigenvalue weighted by atomic mass is 10.0. The Bertz CT molecular complexity index is 978. The summed E-state index contributed by atoms with van der Waals surface area (Å²) in [5, 5.41) is 3.99. The van der Waals surface area contributed by atoms with Crippen molar-refractivity contribution in [2.24, 2.45) is 0 Å². The van der Waals surface area contributed by atoms with E-state index in [1.807, 2.05) is 36.1 Å². The van der Waals surface area contributed by atoms with E-state index in [0.29, 0.717) is 37.1 Å². The molecule has 0 spiro atoms. The largest absolute Gasteiger partial charge is 0.493 e. The minimum Gasteiger partial charge on any atom is -0.493 e. The third-order valence-corrected chi connectivity index (χ3v) is 4.82.